The average Bonchev–Trinajstić information content (AvgIpc) is 3.35. The van der Waals surface area contributed by atoms with E-state index in [2.05, 4.69) is 13.8 Å². The molecule has 0 radical (unpaired) electrons. The van der Waals surface area contributed by atoms with E-state index in [-0.39, 0.29) is 38.4 Å². The number of carboxylic acids is 2. The topological polar surface area (TPSA) is 208 Å². The van der Waals surface area contributed by atoms with Gasteiger partial charge in [0.25, 0.3) is 0 Å². The van der Waals surface area contributed by atoms with Crippen LogP contribution in [0.25, 0.3) is 0 Å². The van der Waals surface area contributed by atoms with Gasteiger partial charge in [0.2, 0.25) is 0 Å². The van der Waals surface area contributed by atoms with Gasteiger partial charge < -0.3 is 40.1 Å². The maximum atomic E-state index is 11.3. The number of aliphatic hydroxyl groups is 4. The van der Waals surface area contributed by atoms with Crippen LogP contribution in [0.1, 0.15) is 309 Å². The van der Waals surface area contributed by atoms with Crippen molar-refractivity contribution in [3.63, 3.8) is 0 Å². The van der Waals surface area contributed by atoms with Crippen molar-refractivity contribution in [2.24, 2.45) is 0 Å². The monoisotopic (exact) mass is 1000 g/mol. The highest BCUT2D eigenvalue weighted by atomic mass is 16.5. The van der Waals surface area contributed by atoms with Crippen molar-refractivity contribution < 1.29 is 59.3 Å². The second kappa shape index (κ2) is 62.8. The van der Waals surface area contributed by atoms with E-state index in [9.17, 15) is 19.2 Å². The SMILES string of the molecule is CCCCCCCCCCCCCCCC(=O)OCC(O)CO.CCCCCCCCCCCCCCCC(=O)OCC(O)CO.O=C(O)CCCCCCCCCCCCCCCCCCC(=O)O. The largest absolute Gasteiger partial charge is 0.481 e. The van der Waals surface area contributed by atoms with Gasteiger partial charge >= 0.3 is 23.9 Å². The van der Waals surface area contributed by atoms with Crippen LogP contribution < -0.4 is 0 Å². The zero-order valence-electron chi connectivity index (χ0n) is 45.6. The third-order valence-corrected chi connectivity index (χ3v) is 12.8. The van der Waals surface area contributed by atoms with Crippen LogP contribution in [-0.2, 0) is 28.7 Å². The summed E-state index contributed by atoms with van der Waals surface area (Å²) in [5.41, 5.74) is 0. The van der Waals surface area contributed by atoms with E-state index in [1.54, 1.807) is 0 Å². The Bertz CT molecular complexity index is 991. The van der Waals surface area contributed by atoms with Crippen molar-refractivity contribution in [1.29, 1.82) is 0 Å². The van der Waals surface area contributed by atoms with Crippen molar-refractivity contribution in [2.75, 3.05) is 26.4 Å². The molecule has 0 aliphatic rings. The molecule has 12 heteroatoms. The van der Waals surface area contributed by atoms with E-state index in [1.807, 2.05) is 0 Å². The van der Waals surface area contributed by atoms with Crippen LogP contribution in [-0.4, -0.2) is 93.2 Å². The van der Waals surface area contributed by atoms with Gasteiger partial charge in [0, 0.05) is 25.7 Å². The van der Waals surface area contributed by atoms with Gasteiger partial charge in [-0.1, -0.05) is 258 Å². The highest BCUT2D eigenvalue weighted by Gasteiger charge is 2.09. The third kappa shape index (κ3) is 70.0. The van der Waals surface area contributed by atoms with E-state index in [1.165, 1.54) is 218 Å². The van der Waals surface area contributed by atoms with Gasteiger partial charge in [-0.25, -0.2) is 0 Å². The summed E-state index contributed by atoms with van der Waals surface area (Å²) in [6.07, 6.45) is 52.1. The summed E-state index contributed by atoms with van der Waals surface area (Å²) < 4.78 is 9.71. The molecule has 70 heavy (non-hydrogen) atoms. The predicted molar refractivity (Wildman–Crippen MR) is 287 cm³/mol. The van der Waals surface area contributed by atoms with E-state index < -0.39 is 24.1 Å². The molecule has 0 spiro atoms. The Labute approximate surface area is 429 Å². The molecule has 0 saturated carbocycles. The second-order valence-corrected chi connectivity index (χ2v) is 20.0. The lowest BCUT2D eigenvalue weighted by molar-refractivity contribution is -0.148. The summed E-state index contributed by atoms with van der Waals surface area (Å²) in [5, 5.41) is 52.4. The minimum atomic E-state index is -0.953. The molecule has 0 bridgehead atoms. The molecule has 418 valence electrons. The zero-order valence-corrected chi connectivity index (χ0v) is 45.6. The minimum Gasteiger partial charge on any atom is -0.481 e. The maximum absolute atomic E-state index is 11.3. The number of unbranched alkanes of at least 4 members (excludes halogenated alkanes) is 39. The number of carbonyl (C=O) groups excluding carboxylic acids is 2. The Morgan fingerprint density at radius 3 is 0.643 bits per heavy atom. The van der Waals surface area contributed by atoms with E-state index in [0.29, 0.717) is 25.7 Å². The first kappa shape index (κ1) is 72.0. The number of hydrogen-bond donors (Lipinski definition) is 6. The first-order valence-corrected chi connectivity index (χ1v) is 29.4. The fourth-order valence-corrected chi connectivity index (χ4v) is 8.23. The van der Waals surface area contributed by atoms with Gasteiger partial charge in [0.15, 0.2) is 0 Å². The highest BCUT2D eigenvalue weighted by molar-refractivity contribution is 5.69. The number of ether oxygens (including phenoxy) is 2. The van der Waals surface area contributed by atoms with Crippen molar-refractivity contribution in [3.8, 4) is 0 Å². The number of carboxylic acid groups (broad SMARTS) is 2. The van der Waals surface area contributed by atoms with Crippen molar-refractivity contribution >= 4 is 23.9 Å². The molecule has 12 nitrogen and oxygen atoms in total. The summed E-state index contributed by atoms with van der Waals surface area (Å²) >= 11 is 0. The molecular formula is C58H114O12. The number of hydrogen-bond acceptors (Lipinski definition) is 10. The van der Waals surface area contributed by atoms with Gasteiger partial charge in [0.05, 0.1) is 13.2 Å². The molecule has 0 aliphatic carbocycles. The smallest absolute Gasteiger partial charge is 0.305 e. The Hall–Kier alpha value is -2.28. The molecule has 0 aromatic heterocycles. The third-order valence-electron chi connectivity index (χ3n) is 12.8. The highest BCUT2D eigenvalue weighted by Crippen LogP contribution is 2.17. The van der Waals surface area contributed by atoms with Crippen LogP contribution in [0.3, 0.4) is 0 Å². The van der Waals surface area contributed by atoms with E-state index in [4.69, 9.17) is 40.1 Å². The molecule has 0 saturated heterocycles. The summed E-state index contributed by atoms with van der Waals surface area (Å²) in [5.74, 6) is -1.90. The van der Waals surface area contributed by atoms with Crippen LogP contribution in [0.15, 0.2) is 0 Å². The van der Waals surface area contributed by atoms with E-state index >= 15 is 0 Å². The van der Waals surface area contributed by atoms with Crippen molar-refractivity contribution in [2.45, 2.75) is 321 Å². The number of carbonyl (C=O) groups is 4. The summed E-state index contributed by atoms with van der Waals surface area (Å²) in [7, 11) is 0. The fraction of sp³-hybridized carbons (Fsp3) is 0.931. The lowest BCUT2D eigenvalue weighted by Crippen LogP contribution is -2.21. The van der Waals surface area contributed by atoms with Crippen LogP contribution >= 0.6 is 0 Å². The molecule has 0 heterocycles. The Morgan fingerprint density at radius 2 is 0.471 bits per heavy atom. The minimum absolute atomic E-state index is 0.103. The molecule has 0 aliphatic heterocycles. The van der Waals surface area contributed by atoms with Gasteiger partial charge in [-0.2, -0.15) is 0 Å². The molecule has 2 unspecified atom stereocenters. The Balaban J connectivity index is -0.000000962. The molecule has 0 aromatic carbocycles. The van der Waals surface area contributed by atoms with Crippen LogP contribution in [0.4, 0.5) is 0 Å². The van der Waals surface area contributed by atoms with E-state index in [0.717, 1.165) is 51.4 Å². The Morgan fingerprint density at radius 1 is 0.300 bits per heavy atom. The number of aliphatic hydroxyl groups excluding tert-OH is 4. The second-order valence-electron chi connectivity index (χ2n) is 20.0. The predicted octanol–water partition coefficient (Wildman–Crippen LogP) is 14.9. The van der Waals surface area contributed by atoms with Gasteiger partial charge in [-0.05, 0) is 25.7 Å². The molecular weight excluding hydrogens is 889 g/mol. The van der Waals surface area contributed by atoms with Crippen LogP contribution in [0.5, 0.6) is 0 Å². The number of esters is 2. The summed E-state index contributed by atoms with van der Waals surface area (Å²) in [6.45, 7) is 3.56. The van der Waals surface area contributed by atoms with Gasteiger partial charge in [-0.15, -0.1) is 0 Å². The standard InChI is InChI=1S/C20H38O4.2C19H38O4/c21-19(22)17-15-13-11-9-7-5-3-1-2-4-6-8-10-12-14-16-18-20(23)24;2*1-2-3-4-5-6-7-8-9-10-11-12-13-14-15-19(22)23-17-18(21)16-20/h1-18H2,(H,21,22)(H,23,24);2*18,20-21H,2-17H2,1H3. The first-order chi connectivity index (χ1) is 34.0. The summed E-state index contributed by atoms with van der Waals surface area (Å²) in [6, 6.07) is 0. The average molecular weight is 1000 g/mol. The fourth-order valence-electron chi connectivity index (χ4n) is 8.23. The molecule has 0 rings (SSSR count). The molecule has 0 amide bonds. The number of rotatable bonds is 53. The Kier molecular flexibility index (Phi) is 64.6. The quantitative estimate of drug-likeness (QED) is 0.0248. The lowest BCUT2D eigenvalue weighted by atomic mass is 10.0. The van der Waals surface area contributed by atoms with Crippen molar-refractivity contribution in [1.82, 2.24) is 0 Å². The maximum Gasteiger partial charge on any atom is 0.305 e. The summed E-state index contributed by atoms with van der Waals surface area (Å²) in [4.78, 5) is 43.4. The molecule has 6 N–H and O–H groups in total. The normalized spacial score (nSPS) is 11.8. The molecule has 0 aromatic rings. The van der Waals surface area contributed by atoms with Gasteiger partial charge in [-0.3, -0.25) is 19.2 Å². The van der Waals surface area contributed by atoms with Crippen molar-refractivity contribution in [3.05, 3.63) is 0 Å². The first-order valence-electron chi connectivity index (χ1n) is 29.4. The van der Waals surface area contributed by atoms with Crippen LogP contribution in [0.2, 0.25) is 0 Å². The van der Waals surface area contributed by atoms with Crippen LogP contribution in [0, 0.1) is 0 Å². The number of aliphatic carboxylic acids is 2. The lowest BCUT2D eigenvalue weighted by Gasteiger charge is -2.08. The molecule has 0 fully saturated rings. The van der Waals surface area contributed by atoms with Gasteiger partial charge in [0.1, 0.15) is 25.4 Å². The molecule has 2 atom stereocenters. The zero-order chi connectivity index (χ0) is 52.2.